The molecule has 0 aliphatic carbocycles. The number of fused-ring (bicyclic) bond motifs is 1. The lowest BCUT2D eigenvalue weighted by Crippen LogP contribution is -2.38. The van der Waals surface area contributed by atoms with Crippen LogP contribution in [0.2, 0.25) is 0 Å². The van der Waals surface area contributed by atoms with E-state index < -0.39 is 11.6 Å². The zero-order chi connectivity index (χ0) is 22.9. The van der Waals surface area contributed by atoms with Crippen molar-refractivity contribution < 1.29 is 23.9 Å². The van der Waals surface area contributed by atoms with E-state index in [0.717, 1.165) is 10.9 Å². The van der Waals surface area contributed by atoms with Crippen molar-refractivity contribution in [3.63, 3.8) is 0 Å². The van der Waals surface area contributed by atoms with Crippen LogP contribution in [0.3, 0.4) is 0 Å². The summed E-state index contributed by atoms with van der Waals surface area (Å²) in [6.45, 7) is 3.49. The molecule has 1 amide bonds. The third kappa shape index (κ3) is 4.20. The lowest BCUT2D eigenvalue weighted by Gasteiger charge is -2.24. The average molecular weight is 472 g/mol. The highest BCUT2D eigenvalue weighted by atomic mass is 32.2. The van der Waals surface area contributed by atoms with E-state index in [9.17, 15) is 14.4 Å². The molecule has 1 N–H and O–H groups in total. The molecule has 4 rings (SSSR count). The van der Waals surface area contributed by atoms with Gasteiger partial charge in [-0.05, 0) is 37.3 Å². The zero-order valence-corrected chi connectivity index (χ0v) is 19.4. The van der Waals surface area contributed by atoms with Crippen molar-refractivity contribution in [2.75, 3.05) is 19.4 Å². The number of aromatic nitrogens is 2. The Morgan fingerprint density at radius 1 is 1.25 bits per heavy atom. The number of benzene rings is 1. The van der Waals surface area contributed by atoms with Gasteiger partial charge in [-0.1, -0.05) is 11.8 Å². The normalized spacial score (nSPS) is 17.9. The molecule has 3 aromatic rings. The number of nitrogens with zero attached hydrogens (tertiary/aromatic N) is 2. The first kappa shape index (κ1) is 22.2. The second-order valence-corrected chi connectivity index (χ2v) is 9.31. The number of hydrogen-bond acceptors (Lipinski definition) is 9. The number of rotatable bonds is 7. The standard InChI is InChI=1S/C22H21N3O5S2/c1-12-24-16-5-4-14(29-3)10-15(16)20(25-12)31-11-17(27)18-6-7-19(32-18)22(30-13(2)26)8-9-23-21(22)28/h4-7,10H,8-9,11H2,1-3H3,(H,23,28). The van der Waals surface area contributed by atoms with Gasteiger partial charge < -0.3 is 14.8 Å². The third-order valence-corrected chi connectivity index (χ3v) is 7.31. The summed E-state index contributed by atoms with van der Waals surface area (Å²) in [7, 11) is 1.59. The van der Waals surface area contributed by atoms with Gasteiger partial charge in [0.1, 0.15) is 16.6 Å². The van der Waals surface area contributed by atoms with Crippen LogP contribution < -0.4 is 10.1 Å². The second-order valence-electron chi connectivity index (χ2n) is 7.26. The van der Waals surface area contributed by atoms with Crippen LogP contribution in [0, 0.1) is 6.92 Å². The van der Waals surface area contributed by atoms with Crippen LogP contribution in [-0.4, -0.2) is 47.0 Å². The van der Waals surface area contributed by atoms with E-state index in [-0.39, 0.29) is 17.4 Å². The fourth-order valence-corrected chi connectivity index (χ4v) is 5.70. The molecule has 10 heteroatoms. The molecule has 3 heterocycles. The van der Waals surface area contributed by atoms with Gasteiger partial charge in [-0.2, -0.15) is 0 Å². The van der Waals surface area contributed by atoms with Crippen LogP contribution >= 0.6 is 23.1 Å². The van der Waals surface area contributed by atoms with Gasteiger partial charge in [0, 0.05) is 25.3 Å². The van der Waals surface area contributed by atoms with E-state index in [1.165, 1.54) is 30.0 Å². The molecule has 0 radical (unpaired) electrons. The van der Waals surface area contributed by atoms with Gasteiger partial charge in [0.05, 0.1) is 28.1 Å². The summed E-state index contributed by atoms with van der Waals surface area (Å²) in [4.78, 5) is 46.9. The number of methoxy groups -OCH3 is 1. The summed E-state index contributed by atoms with van der Waals surface area (Å²) in [5.74, 6) is 0.462. The zero-order valence-electron chi connectivity index (χ0n) is 17.8. The molecule has 2 aromatic heterocycles. The quantitative estimate of drug-likeness (QED) is 0.242. The molecule has 0 bridgehead atoms. The Kier molecular flexibility index (Phi) is 6.16. The number of aryl methyl sites for hydroxylation is 1. The number of nitrogens with one attached hydrogen (secondary N) is 1. The molecule has 0 spiro atoms. The van der Waals surface area contributed by atoms with E-state index in [1.807, 2.05) is 25.1 Å². The monoisotopic (exact) mass is 471 g/mol. The fraction of sp³-hybridized carbons (Fsp3) is 0.318. The van der Waals surface area contributed by atoms with E-state index >= 15 is 0 Å². The molecule has 1 saturated heterocycles. The summed E-state index contributed by atoms with van der Waals surface area (Å²) in [5, 5.41) is 4.22. The predicted octanol–water partition coefficient (Wildman–Crippen LogP) is 3.26. The summed E-state index contributed by atoms with van der Waals surface area (Å²) in [6, 6.07) is 8.91. The first-order valence-electron chi connectivity index (χ1n) is 9.89. The maximum atomic E-state index is 12.9. The van der Waals surface area contributed by atoms with Crippen LogP contribution in [-0.2, 0) is 19.9 Å². The SMILES string of the molecule is COc1ccc2nc(C)nc(SCC(=O)c3ccc(C4(OC(C)=O)CCNC4=O)s3)c2c1. The number of ether oxygens (including phenoxy) is 2. The van der Waals surface area contributed by atoms with Crippen molar-refractivity contribution in [2.24, 2.45) is 0 Å². The molecule has 1 fully saturated rings. The molecule has 1 aliphatic rings. The van der Waals surface area contributed by atoms with Crippen LogP contribution in [0.4, 0.5) is 0 Å². The minimum atomic E-state index is -1.36. The molecular weight excluding hydrogens is 450 g/mol. The maximum Gasteiger partial charge on any atom is 0.304 e. The summed E-state index contributed by atoms with van der Waals surface area (Å²) in [6.07, 6.45) is 0.336. The van der Waals surface area contributed by atoms with Gasteiger partial charge in [0.15, 0.2) is 5.78 Å². The largest absolute Gasteiger partial charge is 0.497 e. The van der Waals surface area contributed by atoms with Crippen LogP contribution in [0.5, 0.6) is 5.75 Å². The van der Waals surface area contributed by atoms with Crippen molar-refractivity contribution >= 4 is 51.7 Å². The Morgan fingerprint density at radius 3 is 2.75 bits per heavy atom. The molecule has 1 atom stereocenters. The third-order valence-electron chi connectivity index (χ3n) is 5.05. The predicted molar refractivity (Wildman–Crippen MR) is 121 cm³/mol. The Bertz CT molecular complexity index is 1230. The van der Waals surface area contributed by atoms with E-state index in [2.05, 4.69) is 15.3 Å². The van der Waals surface area contributed by atoms with Crippen LogP contribution in [0.25, 0.3) is 10.9 Å². The topological polar surface area (TPSA) is 107 Å². The molecule has 32 heavy (non-hydrogen) atoms. The van der Waals surface area contributed by atoms with Crippen molar-refractivity contribution in [3.05, 3.63) is 45.9 Å². The van der Waals surface area contributed by atoms with E-state index in [0.29, 0.717) is 39.3 Å². The number of ketones is 1. The minimum absolute atomic E-state index is 0.102. The van der Waals surface area contributed by atoms with Gasteiger partial charge in [-0.3, -0.25) is 14.4 Å². The van der Waals surface area contributed by atoms with Gasteiger partial charge in [-0.25, -0.2) is 9.97 Å². The number of esters is 1. The number of thiophene rings is 1. The number of amides is 1. The number of carbonyl (C=O) groups excluding carboxylic acids is 3. The highest BCUT2D eigenvalue weighted by Gasteiger charge is 2.48. The lowest BCUT2D eigenvalue weighted by molar-refractivity contribution is -0.164. The number of thioether (sulfide) groups is 1. The van der Waals surface area contributed by atoms with Crippen molar-refractivity contribution in [1.29, 1.82) is 0 Å². The highest BCUT2D eigenvalue weighted by Crippen LogP contribution is 2.38. The molecule has 1 unspecified atom stereocenters. The second kappa shape index (κ2) is 8.87. The van der Waals surface area contributed by atoms with Gasteiger partial charge >= 0.3 is 5.97 Å². The Balaban J connectivity index is 1.56. The first-order valence-corrected chi connectivity index (χ1v) is 11.7. The molecular formula is C22H21N3O5S2. The van der Waals surface area contributed by atoms with Crippen molar-refractivity contribution in [3.8, 4) is 5.75 Å². The molecule has 1 aromatic carbocycles. The summed E-state index contributed by atoms with van der Waals surface area (Å²) in [5.41, 5.74) is -0.583. The van der Waals surface area contributed by atoms with Gasteiger partial charge in [0.2, 0.25) is 5.60 Å². The Hall–Kier alpha value is -2.98. The van der Waals surface area contributed by atoms with Crippen molar-refractivity contribution in [1.82, 2.24) is 15.3 Å². The van der Waals surface area contributed by atoms with E-state index in [1.54, 1.807) is 19.2 Å². The van der Waals surface area contributed by atoms with E-state index in [4.69, 9.17) is 9.47 Å². The highest BCUT2D eigenvalue weighted by molar-refractivity contribution is 8.00. The summed E-state index contributed by atoms with van der Waals surface area (Å²) >= 11 is 2.50. The lowest BCUT2D eigenvalue weighted by atomic mass is 10.00. The average Bonchev–Trinajstić information content (AvgIpc) is 3.39. The smallest absolute Gasteiger partial charge is 0.304 e. The fourth-order valence-electron chi connectivity index (χ4n) is 3.57. The Morgan fingerprint density at radius 2 is 2.06 bits per heavy atom. The maximum absolute atomic E-state index is 12.9. The van der Waals surface area contributed by atoms with Crippen LogP contribution in [0.15, 0.2) is 35.4 Å². The molecule has 166 valence electrons. The number of hydrogen-bond donors (Lipinski definition) is 1. The van der Waals surface area contributed by atoms with Gasteiger partial charge in [0.25, 0.3) is 5.91 Å². The Labute approximate surface area is 192 Å². The number of Topliss-reactive ketones (excluding diaryl/α,β-unsaturated/α-hetero) is 1. The van der Waals surface area contributed by atoms with Gasteiger partial charge in [-0.15, -0.1) is 11.3 Å². The molecule has 8 nitrogen and oxygen atoms in total. The first-order chi connectivity index (χ1) is 15.3. The summed E-state index contributed by atoms with van der Waals surface area (Å²) < 4.78 is 10.7. The molecule has 1 aliphatic heterocycles. The molecule has 0 saturated carbocycles. The van der Waals surface area contributed by atoms with Crippen LogP contribution in [0.1, 0.15) is 33.7 Å². The minimum Gasteiger partial charge on any atom is -0.497 e. The number of carbonyl (C=O) groups is 3. The van der Waals surface area contributed by atoms with Crippen molar-refractivity contribution in [2.45, 2.75) is 30.9 Å².